The first kappa shape index (κ1) is 11.6. The molecule has 1 aromatic carbocycles. The molecule has 0 unspecified atom stereocenters. The van der Waals surface area contributed by atoms with E-state index in [1.165, 1.54) is 23.5 Å². The fourth-order valence-electron chi connectivity index (χ4n) is 1.25. The van der Waals surface area contributed by atoms with Crippen molar-refractivity contribution in [3.8, 4) is 10.6 Å². The number of benzene rings is 1. The van der Waals surface area contributed by atoms with E-state index in [9.17, 15) is 4.39 Å². The van der Waals surface area contributed by atoms with Crippen LogP contribution in [0.3, 0.4) is 0 Å². The Bertz CT molecular complexity index is 501. The molecular weight excluding hydrogens is 293 g/mol. The summed E-state index contributed by atoms with van der Waals surface area (Å²) in [5, 5.41) is 9.75. The van der Waals surface area contributed by atoms with Gasteiger partial charge in [0.1, 0.15) is 15.8 Å². The van der Waals surface area contributed by atoms with E-state index in [-0.39, 0.29) is 5.82 Å². The van der Waals surface area contributed by atoms with Crippen LogP contribution in [0, 0.1) is 5.82 Å². The van der Waals surface area contributed by atoms with Crippen molar-refractivity contribution >= 4 is 27.3 Å². The number of nitrogens with zero attached hydrogens (tertiary/aromatic N) is 2. The zero-order chi connectivity index (χ0) is 11.5. The van der Waals surface area contributed by atoms with Crippen LogP contribution >= 0.6 is 27.3 Å². The predicted molar refractivity (Wildman–Crippen MR) is 65.8 cm³/mol. The van der Waals surface area contributed by atoms with E-state index in [0.717, 1.165) is 22.0 Å². The second-order valence-electron chi connectivity index (χ2n) is 3.16. The highest BCUT2D eigenvalue weighted by Crippen LogP contribution is 2.30. The van der Waals surface area contributed by atoms with Crippen molar-refractivity contribution in [1.82, 2.24) is 10.2 Å². The van der Waals surface area contributed by atoms with Gasteiger partial charge in [0.25, 0.3) is 0 Å². The molecule has 16 heavy (non-hydrogen) atoms. The average molecular weight is 302 g/mol. The third-order valence-corrected chi connectivity index (χ3v) is 3.66. The number of nitrogens with two attached hydrogens (primary N) is 1. The molecule has 1 aromatic heterocycles. The molecule has 0 atom stereocenters. The summed E-state index contributed by atoms with van der Waals surface area (Å²) in [7, 11) is 0. The number of hydrogen-bond acceptors (Lipinski definition) is 4. The van der Waals surface area contributed by atoms with E-state index >= 15 is 0 Å². The lowest BCUT2D eigenvalue weighted by Gasteiger charge is -1.98. The van der Waals surface area contributed by atoms with Gasteiger partial charge in [-0.1, -0.05) is 11.3 Å². The van der Waals surface area contributed by atoms with Crippen LogP contribution in [-0.2, 0) is 6.42 Å². The van der Waals surface area contributed by atoms with E-state index in [2.05, 4.69) is 26.1 Å². The first-order valence-corrected chi connectivity index (χ1v) is 6.29. The molecule has 84 valence electrons. The van der Waals surface area contributed by atoms with E-state index in [1.807, 2.05) is 0 Å². The summed E-state index contributed by atoms with van der Waals surface area (Å²) >= 11 is 4.78. The Morgan fingerprint density at radius 2 is 2.19 bits per heavy atom. The molecule has 3 nitrogen and oxygen atoms in total. The summed E-state index contributed by atoms with van der Waals surface area (Å²) in [6, 6.07) is 4.51. The smallest absolute Gasteiger partial charge is 0.148 e. The number of hydrogen-bond donors (Lipinski definition) is 1. The molecule has 0 aliphatic carbocycles. The molecular formula is C10H9BrFN3S. The Morgan fingerprint density at radius 1 is 1.38 bits per heavy atom. The van der Waals surface area contributed by atoms with Crippen LogP contribution in [0.15, 0.2) is 22.7 Å². The third-order valence-electron chi connectivity index (χ3n) is 1.99. The van der Waals surface area contributed by atoms with Gasteiger partial charge < -0.3 is 5.73 Å². The lowest BCUT2D eigenvalue weighted by Crippen LogP contribution is -2.01. The molecule has 2 aromatic rings. The van der Waals surface area contributed by atoms with Crippen molar-refractivity contribution in [1.29, 1.82) is 0 Å². The molecule has 0 aliphatic heterocycles. The second-order valence-corrected chi connectivity index (χ2v) is 5.08. The molecule has 6 heteroatoms. The molecule has 0 radical (unpaired) electrons. The zero-order valence-electron chi connectivity index (χ0n) is 8.28. The molecule has 0 fully saturated rings. The fraction of sp³-hybridized carbons (Fsp3) is 0.200. The van der Waals surface area contributed by atoms with E-state index < -0.39 is 0 Å². The average Bonchev–Trinajstić information content (AvgIpc) is 2.67. The minimum atomic E-state index is -0.276. The molecule has 0 bridgehead atoms. The summed E-state index contributed by atoms with van der Waals surface area (Å²) in [5.41, 5.74) is 6.29. The number of aromatic nitrogens is 2. The molecule has 2 rings (SSSR count). The maximum atomic E-state index is 12.9. The lowest BCUT2D eigenvalue weighted by atomic mass is 10.2. The third kappa shape index (κ3) is 2.45. The number of halogens is 2. The van der Waals surface area contributed by atoms with Crippen molar-refractivity contribution in [2.75, 3.05) is 6.54 Å². The van der Waals surface area contributed by atoms with Gasteiger partial charge in [0, 0.05) is 16.5 Å². The summed E-state index contributed by atoms with van der Waals surface area (Å²) in [4.78, 5) is 0. The van der Waals surface area contributed by atoms with Crippen LogP contribution in [0.1, 0.15) is 5.01 Å². The second kappa shape index (κ2) is 4.99. The maximum Gasteiger partial charge on any atom is 0.148 e. The number of rotatable bonds is 3. The van der Waals surface area contributed by atoms with Crippen LogP contribution in [0.25, 0.3) is 10.6 Å². The topological polar surface area (TPSA) is 51.8 Å². The summed E-state index contributed by atoms with van der Waals surface area (Å²) < 4.78 is 13.6. The Hall–Kier alpha value is -0.850. The highest BCUT2D eigenvalue weighted by molar-refractivity contribution is 9.10. The van der Waals surface area contributed by atoms with Gasteiger partial charge in [-0.25, -0.2) is 4.39 Å². The predicted octanol–water partition coefficient (Wildman–Crippen LogP) is 2.61. The lowest BCUT2D eigenvalue weighted by molar-refractivity contribution is 0.627. The van der Waals surface area contributed by atoms with Crippen LogP contribution in [0.5, 0.6) is 0 Å². The highest BCUT2D eigenvalue weighted by Gasteiger charge is 2.10. The van der Waals surface area contributed by atoms with Crippen LogP contribution in [0.2, 0.25) is 0 Å². The molecule has 0 aliphatic rings. The molecule has 0 saturated carbocycles. The normalized spacial score (nSPS) is 10.7. The monoisotopic (exact) mass is 301 g/mol. The van der Waals surface area contributed by atoms with Gasteiger partial charge in [-0.3, -0.25) is 0 Å². The maximum absolute atomic E-state index is 12.9. The summed E-state index contributed by atoms with van der Waals surface area (Å²) in [6.45, 7) is 0.555. The Balaban J connectivity index is 2.35. The largest absolute Gasteiger partial charge is 0.330 e. The summed E-state index contributed by atoms with van der Waals surface area (Å²) in [5.74, 6) is -0.276. The first-order valence-electron chi connectivity index (χ1n) is 4.68. The van der Waals surface area contributed by atoms with Crippen LogP contribution < -0.4 is 5.73 Å². The quantitative estimate of drug-likeness (QED) is 0.948. The van der Waals surface area contributed by atoms with Gasteiger partial charge in [0.2, 0.25) is 0 Å². The van der Waals surface area contributed by atoms with Crippen LogP contribution in [-0.4, -0.2) is 16.7 Å². The van der Waals surface area contributed by atoms with Crippen molar-refractivity contribution in [2.45, 2.75) is 6.42 Å². The minimum Gasteiger partial charge on any atom is -0.330 e. The van der Waals surface area contributed by atoms with Gasteiger partial charge in [0.15, 0.2) is 0 Å². The van der Waals surface area contributed by atoms with Gasteiger partial charge >= 0.3 is 0 Å². The highest BCUT2D eigenvalue weighted by atomic mass is 79.9. The van der Waals surface area contributed by atoms with Gasteiger partial charge in [-0.2, -0.15) is 0 Å². The minimum absolute atomic E-state index is 0.276. The van der Waals surface area contributed by atoms with Gasteiger partial charge in [-0.05, 0) is 40.7 Å². The van der Waals surface area contributed by atoms with Crippen molar-refractivity contribution in [3.63, 3.8) is 0 Å². The standard InChI is InChI=1S/C10H9BrFN3S/c11-8-5-6(12)1-2-7(8)10-15-14-9(16-10)3-4-13/h1-2,5H,3-4,13H2. The van der Waals surface area contributed by atoms with E-state index in [1.54, 1.807) is 6.07 Å². The van der Waals surface area contributed by atoms with Crippen molar-refractivity contribution in [3.05, 3.63) is 33.5 Å². The van der Waals surface area contributed by atoms with E-state index in [4.69, 9.17) is 5.73 Å². The van der Waals surface area contributed by atoms with Crippen LogP contribution in [0.4, 0.5) is 4.39 Å². The first-order chi connectivity index (χ1) is 7.70. The SMILES string of the molecule is NCCc1nnc(-c2ccc(F)cc2Br)s1. The van der Waals surface area contributed by atoms with Gasteiger partial charge in [-0.15, -0.1) is 10.2 Å². The molecule has 0 spiro atoms. The Morgan fingerprint density at radius 3 is 2.88 bits per heavy atom. The summed E-state index contributed by atoms with van der Waals surface area (Å²) in [6.07, 6.45) is 0.719. The fourth-order valence-corrected chi connectivity index (χ4v) is 2.81. The molecule has 1 heterocycles. The Kier molecular flexibility index (Phi) is 3.63. The van der Waals surface area contributed by atoms with Crippen molar-refractivity contribution < 1.29 is 4.39 Å². The Labute approximate surface area is 105 Å². The van der Waals surface area contributed by atoms with E-state index in [0.29, 0.717) is 11.0 Å². The van der Waals surface area contributed by atoms with Crippen molar-refractivity contribution in [2.24, 2.45) is 5.73 Å². The van der Waals surface area contributed by atoms with Gasteiger partial charge in [0.05, 0.1) is 0 Å². The zero-order valence-corrected chi connectivity index (χ0v) is 10.7. The molecule has 0 saturated heterocycles. The molecule has 2 N–H and O–H groups in total. The molecule has 0 amide bonds.